The largest absolute Gasteiger partial charge is 0.310 e. The molecule has 2 spiro atoms. The van der Waals surface area contributed by atoms with Crippen LogP contribution in [-0.4, -0.2) is 0 Å². The Morgan fingerprint density at radius 3 is 2.05 bits per heavy atom. The molecule has 0 saturated heterocycles. The van der Waals surface area contributed by atoms with Gasteiger partial charge < -0.3 is 4.90 Å². The number of hydrogen-bond donors (Lipinski definition) is 0. The van der Waals surface area contributed by atoms with Crippen LogP contribution in [0.25, 0.3) is 53.6 Å². The van der Waals surface area contributed by atoms with E-state index in [1.165, 1.54) is 90.6 Å². The molecule has 3 heteroatoms. The van der Waals surface area contributed by atoms with Crippen LogP contribution in [-0.2, 0) is 5.41 Å². The molecule has 4 saturated carbocycles. The average Bonchev–Trinajstić information content (AvgIpc) is 3.93. The number of nitrogens with zero attached hydrogens (tertiary/aromatic N) is 1. The van der Waals surface area contributed by atoms with Crippen molar-refractivity contribution >= 4 is 48.6 Å². The van der Waals surface area contributed by atoms with Crippen molar-refractivity contribution in [2.75, 3.05) is 4.90 Å². The highest BCUT2D eigenvalue weighted by atomic mass is 32.1. The van der Waals surface area contributed by atoms with Gasteiger partial charge in [0.15, 0.2) is 0 Å². The van der Waals surface area contributed by atoms with E-state index in [-0.39, 0.29) is 11.2 Å². The molecule has 4 fully saturated rings. The quantitative estimate of drug-likeness (QED) is 0.171. The van der Waals surface area contributed by atoms with Gasteiger partial charge >= 0.3 is 0 Å². The van der Waals surface area contributed by atoms with E-state index in [1.54, 1.807) is 17.7 Å². The van der Waals surface area contributed by atoms with E-state index in [2.05, 4.69) is 138 Å². The Hall–Kier alpha value is -5.51. The molecule has 55 heavy (non-hydrogen) atoms. The van der Waals surface area contributed by atoms with Crippen molar-refractivity contribution in [2.24, 2.45) is 29.1 Å². The molecule has 0 N–H and O–H groups in total. The van der Waals surface area contributed by atoms with Crippen molar-refractivity contribution in [3.63, 3.8) is 0 Å². The van der Waals surface area contributed by atoms with Crippen molar-refractivity contribution in [1.82, 2.24) is 0 Å². The fourth-order valence-corrected chi connectivity index (χ4v) is 14.1. The summed E-state index contributed by atoms with van der Waals surface area (Å²) in [5.74, 6) is 3.06. The third-order valence-electron chi connectivity index (χ3n) is 15.1. The van der Waals surface area contributed by atoms with Crippen LogP contribution in [0.4, 0.5) is 21.5 Å². The zero-order valence-electron chi connectivity index (χ0n) is 30.4. The Morgan fingerprint density at radius 1 is 0.491 bits per heavy atom. The first kappa shape index (κ1) is 30.8. The molecular formula is C52H38FNS. The number of thiophene rings is 1. The van der Waals surface area contributed by atoms with E-state index in [0.717, 1.165) is 23.1 Å². The normalized spacial score (nSPS) is 26.1. The highest BCUT2D eigenvalue weighted by Crippen LogP contribution is 2.88. The van der Waals surface area contributed by atoms with Crippen LogP contribution in [0, 0.1) is 34.9 Å². The molecule has 7 aromatic carbocycles. The van der Waals surface area contributed by atoms with Crippen LogP contribution in [0.15, 0.2) is 158 Å². The molecule has 5 aliphatic carbocycles. The minimum Gasteiger partial charge on any atom is -0.310 e. The number of rotatable bonds is 5. The van der Waals surface area contributed by atoms with Gasteiger partial charge in [0, 0.05) is 42.6 Å². The molecule has 1 heterocycles. The lowest BCUT2D eigenvalue weighted by atomic mass is 9.34. The zero-order valence-corrected chi connectivity index (χ0v) is 31.2. The minimum absolute atomic E-state index is 0.0562. The van der Waals surface area contributed by atoms with Gasteiger partial charge in [0.1, 0.15) is 5.82 Å². The Labute approximate surface area is 324 Å². The topological polar surface area (TPSA) is 3.24 Å². The lowest BCUT2D eigenvalue weighted by Crippen LogP contribution is -2.65. The van der Waals surface area contributed by atoms with Crippen LogP contribution >= 0.6 is 11.3 Å². The first-order valence-corrected chi connectivity index (χ1v) is 20.8. The molecule has 2 bridgehead atoms. The standard InChI is InChI=1S/C52H38FNS/c53-38-16-13-32(14-17-38)34-15-20-42-45-28-40(19-22-46(45)52(47(42)24-34)37-26-35-25-36-27-50(52)51(35,36)30-37)54(39-10-6-9-33(23-39)31-7-2-1-3-8-31)41-18-21-44-43-11-4-5-12-48(43)55-49(44)29-41/h1-24,28-29,35-37,50H,25-27,30H2. The van der Waals surface area contributed by atoms with Crippen molar-refractivity contribution < 1.29 is 4.39 Å². The third-order valence-corrected chi connectivity index (χ3v) is 16.2. The molecule has 6 unspecified atom stereocenters. The van der Waals surface area contributed by atoms with Crippen LogP contribution < -0.4 is 4.90 Å². The monoisotopic (exact) mass is 727 g/mol. The molecule has 6 atom stereocenters. The second-order valence-electron chi connectivity index (χ2n) is 17.1. The van der Waals surface area contributed by atoms with Gasteiger partial charge in [0.2, 0.25) is 0 Å². The Balaban J connectivity index is 1.02. The number of hydrogen-bond acceptors (Lipinski definition) is 2. The van der Waals surface area contributed by atoms with Crippen molar-refractivity contribution in [2.45, 2.75) is 31.1 Å². The van der Waals surface area contributed by atoms with Gasteiger partial charge in [0.05, 0.1) is 0 Å². The maximum absolute atomic E-state index is 14.1. The van der Waals surface area contributed by atoms with E-state index in [9.17, 15) is 4.39 Å². The van der Waals surface area contributed by atoms with Gasteiger partial charge in [-0.1, -0.05) is 97.1 Å². The summed E-state index contributed by atoms with van der Waals surface area (Å²) >= 11 is 1.88. The summed E-state index contributed by atoms with van der Waals surface area (Å²) in [6.07, 6.45) is 5.57. The van der Waals surface area contributed by atoms with Crippen LogP contribution in [0.5, 0.6) is 0 Å². The van der Waals surface area contributed by atoms with Crippen molar-refractivity contribution in [3.05, 3.63) is 175 Å². The van der Waals surface area contributed by atoms with E-state index in [4.69, 9.17) is 0 Å². The molecule has 8 aromatic rings. The molecule has 13 rings (SSSR count). The van der Waals surface area contributed by atoms with E-state index in [0.29, 0.717) is 17.3 Å². The Bertz CT molecular complexity index is 2890. The summed E-state index contributed by atoms with van der Waals surface area (Å²) in [6.45, 7) is 0. The lowest BCUT2D eigenvalue weighted by molar-refractivity contribution is -0.193. The Morgan fingerprint density at radius 2 is 1.18 bits per heavy atom. The van der Waals surface area contributed by atoms with E-state index >= 15 is 0 Å². The number of halogens is 1. The molecule has 1 aromatic heterocycles. The second-order valence-corrected chi connectivity index (χ2v) is 18.1. The Kier molecular flexibility index (Phi) is 6.06. The maximum Gasteiger partial charge on any atom is 0.123 e. The van der Waals surface area contributed by atoms with Crippen LogP contribution in [0.3, 0.4) is 0 Å². The molecule has 5 aliphatic rings. The number of benzene rings is 7. The predicted octanol–water partition coefficient (Wildman–Crippen LogP) is 14.3. The fraction of sp³-hybridized carbons (Fsp3) is 0.192. The summed E-state index contributed by atoms with van der Waals surface area (Å²) in [6, 6.07) is 57.3. The predicted molar refractivity (Wildman–Crippen MR) is 226 cm³/mol. The highest BCUT2D eigenvalue weighted by molar-refractivity contribution is 7.25. The van der Waals surface area contributed by atoms with Crippen LogP contribution in [0.2, 0.25) is 0 Å². The van der Waals surface area contributed by atoms with E-state index in [1.807, 2.05) is 23.5 Å². The van der Waals surface area contributed by atoms with Crippen molar-refractivity contribution in [1.29, 1.82) is 0 Å². The lowest BCUT2D eigenvalue weighted by Gasteiger charge is -2.70. The van der Waals surface area contributed by atoms with Gasteiger partial charge in [-0.15, -0.1) is 11.3 Å². The van der Waals surface area contributed by atoms with Gasteiger partial charge in [-0.2, -0.15) is 0 Å². The number of fused-ring (bicyclic) bond motifs is 11. The van der Waals surface area contributed by atoms with Gasteiger partial charge in [0.25, 0.3) is 0 Å². The maximum atomic E-state index is 14.1. The van der Waals surface area contributed by atoms with Crippen LogP contribution in [0.1, 0.15) is 36.8 Å². The highest BCUT2D eigenvalue weighted by Gasteiger charge is 2.82. The van der Waals surface area contributed by atoms with Crippen molar-refractivity contribution in [3.8, 4) is 33.4 Å². The molecule has 264 valence electrons. The summed E-state index contributed by atoms with van der Waals surface area (Å²) in [5.41, 5.74) is 14.7. The summed E-state index contributed by atoms with van der Waals surface area (Å²) in [7, 11) is 0. The fourth-order valence-electron chi connectivity index (χ4n) is 13.0. The number of anilines is 3. The molecule has 0 aliphatic heterocycles. The second kappa shape index (κ2) is 10.8. The SMILES string of the molecule is Fc1ccc(-c2ccc3c(c2)C2(c4ccc(N(c5cccc(-c6ccccc6)c5)c5ccc6c(c5)sc5ccccc56)cc4-3)C3CC4CC5CC2C45C3)cc1. The molecule has 0 radical (unpaired) electrons. The molecular weight excluding hydrogens is 690 g/mol. The first-order valence-electron chi connectivity index (χ1n) is 20.0. The summed E-state index contributed by atoms with van der Waals surface area (Å²) < 4.78 is 16.7. The van der Waals surface area contributed by atoms with Gasteiger partial charge in [-0.3, -0.25) is 0 Å². The van der Waals surface area contributed by atoms with Gasteiger partial charge in [-0.25, -0.2) is 4.39 Å². The molecule has 1 nitrogen and oxygen atoms in total. The summed E-state index contributed by atoms with van der Waals surface area (Å²) in [4.78, 5) is 2.48. The van der Waals surface area contributed by atoms with Gasteiger partial charge in [-0.05, 0) is 160 Å². The average molecular weight is 728 g/mol. The smallest absolute Gasteiger partial charge is 0.123 e. The third kappa shape index (κ3) is 3.92. The first-order chi connectivity index (χ1) is 27.1. The summed E-state index contributed by atoms with van der Waals surface area (Å²) in [5, 5.41) is 2.64. The molecule has 0 amide bonds. The van der Waals surface area contributed by atoms with E-state index < -0.39 is 0 Å². The minimum atomic E-state index is -0.185. The zero-order chi connectivity index (χ0) is 36.0.